The van der Waals surface area contributed by atoms with Crippen molar-refractivity contribution in [3.05, 3.63) is 48.0 Å². The van der Waals surface area contributed by atoms with Crippen LogP contribution in [0.15, 0.2) is 42.5 Å². The molecule has 2 rings (SSSR count). The first-order chi connectivity index (χ1) is 11.0. The van der Waals surface area contributed by atoms with Crippen LogP contribution in [0.3, 0.4) is 0 Å². The maximum absolute atomic E-state index is 11.6. The van der Waals surface area contributed by atoms with Gasteiger partial charge in [0.05, 0.1) is 24.4 Å². The average molecular weight is 310 g/mol. The summed E-state index contributed by atoms with van der Waals surface area (Å²) in [5.41, 5.74) is 1.71. The zero-order valence-electron chi connectivity index (χ0n) is 12.4. The van der Waals surface area contributed by atoms with Crippen molar-refractivity contribution in [2.45, 2.75) is 6.42 Å². The minimum absolute atomic E-state index is 0.0337. The average Bonchev–Trinajstić information content (AvgIpc) is 2.55. The second-order valence-corrected chi connectivity index (χ2v) is 4.68. The number of hydrogen-bond acceptors (Lipinski definition) is 4. The lowest BCUT2D eigenvalue weighted by Gasteiger charge is -2.10. The lowest BCUT2D eigenvalue weighted by atomic mass is 10.0. The number of carboxylic acid groups (broad SMARTS) is 1. The van der Waals surface area contributed by atoms with E-state index in [1.165, 1.54) is 6.07 Å². The Bertz CT molecular complexity index is 776. The number of nitriles is 1. The van der Waals surface area contributed by atoms with Crippen LogP contribution >= 0.6 is 0 Å². The van der Waals surface area contributed by atoms with Crippen molar-refractivity contribution in [1.29, 1.82) is 5.26 Å². The molecule has 0 unspecified atom stereocenters. The van der Waals surface area contributed by atoms with Crippen LogP contribution in [0, 0.1) is 11.3 Å². The number of anilines is 1. The first-order valence-corrected chi connectivity index (χ1v) is 6.73. The Morgan fingerprint density at radius 1 is 1.17 bits per heavy atom. The molecule has 0 radical (unpaired) electrons. The van der Waals surface area contributed by atoms with E-state index in [0.29, 0.717) is 5.75 Å². The molecule has 6 heteroatoms. The van der Waals surface area contributed by atoms with E-state index < -0.39 is 11.9 Å². The van der Waals surface area contributed by atoms with Crippen LogP contribution in [0.5, 0.6) is 5.75 Å². The fraction of sp³-hybridized carbons (Fsp3) is 0.118. The molecule has 0 bridgehead atoms. The van der Waals surface area contributed by atoms with Gasteiger partial charge in [-0.05, 0) is 35.4 Å². The number of ether oxygens (including phenoxy) is 1. The number of amides is 1. The van der Waals surface area contributed by atoms with Gasteiger partial charge in [0.25, 0.3) is 0 Å². The molecule has 0 aromatic heterocycles. The molecule has 0 saturated carbocycles. The van der Waals surface area contributed by atoms with E-state index in [1.807, 2.05) is 12.1 Å². The van der Waals surface area contributed by atoms with Crippen molar-refractivity contribution >= 4 is 17.6 Å². The van der Waals surface area contributed by atoms with E-state index in [1.54, 1.807) is 37.4 Å². The first-order valence-electron chi connectivity index (χ1n) is 6.73. The standard InChI is InChI=1S/C17H14N2O4/c1-23-13-5-2-11(3-6-13)12-4-7-14(17(21)22)15(10-12)19-16(20)8-9-18/h2-7,10H,8H2,1H3,(H,19,20)(H,21,22). The number of hydrogen-bond donors (Lipinski definition) is 2. The molecule has 0 fully saturated rings. The molecule has 0 aliphatic heterocycles. The third-order valence-corrected chi connectivity index (χ3v) is 3.19. The van der Waals surface area contributed by atoms with Crippen molar-refractivity contribution in [1.82, 2.24) is 0 Å². The van der Waals surface area contributed by atoms with Crippen LogP contribution in [-0.4, -0.2) is 24.1 Å². The third kappa shape index (κ3) is 3.86. The summed E-state index contributed by atoms with van der Waals surface area (Å²) < 4.78 is 5.09. The number of nitrogens with one attached hydrogen (secondary N) is 1. The van der Waals surface area contributed by atoms with E-state index in [4.69, 9.17) is 10.00 Å². The lowest BCUT2D eigenvalue weighted by molar-refractivity contribution is -0.115. The largest absolute Gasteiger partial charge is 0.497 e. The Kier molecular flexibility index (Phi) is 4.95. The number of nitrogens with zero attached hydrogens (tertiary/aromatic N) is 1. The summed E-state index contributed by atoms with van der Waals surface area (Å²) in [6.07, 6.45) is -0.341. The summed E-state index contributed by atoms with van der Waals surface area (Å²) in [5, 5.41) is 20.2. The second-order valence-electron chi connectivity index (χ2n) is 4.68. The van der Waals surface area contributed by atoms with E-state index in [9.17, 15) is 14.7 Å². The molecule has 23 heavy (non-hydrogen) atoms. The van der Waals surface area contributed by atoms with Gasteiger partial charge in [-0.3, -0.25) is 4.79 Å². The Labute approximate surface area is 132 Å². The number of rotatable bonds is 5. The number of benzene rings is 2. The number of carboxylic acids is 1. The molecule has 116 valence electrons. The molecule has 0 aliphatic carbocycles. The van der Waals surface area contributed by atoms with Crippen molar-refractivity contribution in [3.8, 4) is 22.9 Å². The van der Waals surface area contributed by atoms with Crippen molar-refractivity contribution in [2.24, 2.45) is 0 Å². The molecule has 2 aromatic rings. The fourth-order valence-corrected chi connectivity index (χ4v) is 2.06. The van der Waals surface area contributed by atoms with E-state index in [-0.39, 0.29) is 17.7 Å². The van der Waals surface area contributed by atoms with Gasteiger partial charge in [0.15, 0.2) is 0 Å². The highest BCUT2D eigenvalue weighted by atomic mass is 16.5. The minimum atomic E-state index is -1.15. The molecule has 0 saturated heterocycles. The summed E-state index contributed by atoms with van der Waals surface area (Å²) >= 11 is 0. The topological polar surface area (TPSA) is 99.4 Å². The normalized spacial score (nSPS) is 9.74. The number of carbonyl (C=O) groups excluding carboxylic acids is 1. The Balaban J connectivity index is 2.40. The fourth-order valence-electron chi connectivity index (χ4n) is 2.06. The summed E-state index contributed by atoms with van der Waals surface area (Å²) in [7, 11) is 1.57. The summed E-state index contributed by atoms with van der Waals surface area (Å²) in [4.78, 5) is 22.8. The SMILES string of the molecule is COc1ccc(-c2ccc(C(=O)O)c(NC(=O)CC#N)c2)cc1. The van der Waals surface area contributed by atoms with Gasteiger partial charge in [-0.1, -0.05) is 18.2 Å². The van der Waals surface area contributed by atoms with Gasteiger partial charge in [0, 0.05) is 0 Å². The van der Waals surface area contributed by atoms with Crippen LogP contribution in [-0.2, 0) is 4.79 Å². The molecule has 6 nitrogen and oxygen atoms in total. The third-order valence-electron chi connectivity index (χ3n) is 3.19. The molecule has 1 amide bonds. The second kappa shape index (κ2) is 7.09. The van der Waals surface area contributed by atoms with Gasteiger partial charge in [0.1, 0.15) is 12.2 Å². The summed E-state index contributed by atoms with van der Waals surface area (Å²) in [6.45, 7) is 0. The first kappa shape index (κ1) is 16.0. The van der Waals surface area contributed by atoms with E-state index in [0.717, 1.165) is 11.1 Å². The molecule has 0 spiro atoms. The van der Waals surface area contributed by atoms with Gasteiger partial charge in [-0.15, -0.1) is 0 Å². The Hall–Kier alpha value is -3.33. The van der Waals surface area contributed by atoms with E-state index >= 15 is 0 Å². The van der Waals surface area contributed by atoms with Crippen LogP contribution in [0.1, 0.15) is 16.8 Å². The van der Waals surface area contributed by atoms with Gasteiger partial charge in [0.2, 0.25) is 5.91 Å². The van der Waals surface area contributed by atoms with Crippen molar-refractivity contribution < 1.29 is 19.4 Å². The monoisotopic (exact) mass is 310 g/mol. The molecular weight excluding hydrogens is 296 g/mol. The van der Waals surface area contributed by atoms with E-state index in [2.05, 4.69) is 5.32 Å². The number of aromatic carboxylic acids is 1. The maximum atomic E-state index is 11.6. The quantitative estimate of drug-likeness (QED) is 0.884. The van der Waals surface area contributed by atoms with Gasteiger partial charge in [-0.2, -0.15) is 5.26 Å². The molecular formula is C17H14N2O4. The Morgan fingerprint density at radius 3 is 2.39 bits per heavy atom. The molecule has 2 aromatic carbocycles. The molecule has 0 heterocycles. The highest BCUT2D eigenvalue weighted by Crippen LogP contribution is 2.27. The summed E-state index contributed by atoms with van der Waals surface area (Å²) in [6, 6.07) is 13.6. The molecule has 0 aliphatic rings. The van der Waals surface area contributed by atoms with Crippen molar-refractivity contribution in [2.75, 3.05) is 12.4 Å². The lowest BCUT2D eigenvalue weighted by Crippen LogP contribution is -2.13. The molecule has 0 atom stereocenters. The van der Waals surface area contributed by atoms with Crippen LogP contribution < -0.4 is 10.1 Å². The van der Waals surface area contributed by atoms with Gasteiger partial charge >= 0.3 is 5.97 Å². The van der Waals surface area contributed by atoms with Gasteiger partial charge < -0.3 is 15.2 Å². The predicted molar refractivity (Wildman–Crippen MR) is 84.2 cm³/mol. The Morgan fingerprint density at radius 2 is 1.83 bits per heavy atom. The number of carbonyl (C=O) groups is 2. The smallest absolute Gasteiger partial charge is 0.337 e. The highest BCUT2D eigenvalue weighted by Gasteiger charge is 2.14. The van der Waals surface area contributed by atoms with Crippen LogP contribution in [0.4, 0.5) is 5.69 Å². The molecule has 2 N–H and O–H groups in total. The highest BCUT2D eigenvalue weighted by molar-refractivity contribution is 6.02. The van der Waals surface area contributed by atoms with Crippen LogP contribution in [0.25, 0.3) is 11.1 Å². The minimum Gasteiger partial charge on any atom is -0.497 e. The predicted octanol–water partition coefficient (Wildman–Crippen LogP) is 2.91. The maximum Gasteiger partial charge on any atom is 0.337 e. The zero-order valence-corrected chi connectivity index (χ0v) is 12.4. The number of methoxy groups -OCH3 is 1. The van der Waals surface area contributed by atoms with Crippen LogP contribution in [0.2, 0.25) is 0 Å². The van der Waals surface area contributed by atoms with Crippen molar-refractivity contribution in [3.63, 3.8) is 0 Å². The zero-order chi connectivity index (χ0) is 16.8. The van der Waals surface area contributed by atoms with Gasteiger partial charge in [-0.25, -0.2) is 4.79 Å². The summed E-state index contributed by atoms with van der Waals surface area (Å²) in [5.74, 6) is -1.00.